The first kappa shape index (κ1) is 39.1. The summed E-state index contributed by atoms with van der Waals surface area (Å²) in [6.45, 7) is 17.4. The fourth-order valence-corrected chi connectivity index (χ4v) is 6.43. The van der Waals surface area contributed by atoms with Crippen LogP contribution in [0.3, 0.4) is 0 Å². The SMILES string of the molecule is Cc1c(C)c2c(c(C)c1OC(=O)CCC(=O)NC(CC(=O)O)C(=O)O)CCC(C)(CCCC(C)CCCC(C)CCCC(C)C)O2. The Bertz CT molecular complexity index is 1210. The zero-order valence-electron chi connectivity index (χ0n) is 29.6. The number of carboxylic acids is 2. The highest BCUT2D eigenvalue weighted by Crippen LogP contribution is 2.45. The molecule has 2 rings (SSSR count). The standard InChI is InChI=1S/C37H59NO8/c1-23(2)12-9-13-24(3)14-10-15-25(4)16-11-20-37(8)21-19-29-28(7)34(26(5)27(6)35(29)46-37)45-33(42)18-17-31(39)38-30(36(43)44)22-32(40)41/h23-25,30H,9-22H2,1-8H3,(H,38,39)(H,40,41)(H,43,44). The van der Waals surface area contributed by atoms with Crippen molar-refractivity contribution in [1.82, 2.24) is 5.32 Å². The molecule has 0 bridgehead atoms. The van der Waals surface area contributed by atoms with Crippen LogP contribution in [0.5, 0.6) is 11.5 Å². The fourth-order valence-electron chi connectivity index (χ4n) is 6.43. The van der Waals surface area contributed by atoms with E-state index in [2.05, 4.69) is 39.9 Å². The summed E-state index contributed by atoms with van der Waals surface area (Å²) in [5.74, 6) is -0.494. The molecule has 3 N–H and O–H groups in total. The third-order valence-corrected chi connectivity index (χ3v) is 9.62. The number of carbonyl (C=O) groups excluding carboxylic acids is 2. The maximum atomic E-state index is 12.7. The van der Waals surface area contributed by atoms with Crippen LogP contribution in [0.25, 0.3) is 0 Å². The first-order valence-corrected chi connectivity index (χ1v) is 17.3. The van der Waals surface area contributed by atoms with E-state index in [9.17, 15) is 19.2 Å². The number of hydrogen-bond donors (Lipinski definition) is 3. The van der Waals surface area contributed by atoms with Crippen LogP contribution in [0.1, 0.15) is 140 Å². The Kier molecular flexibility index (Phi) is 15.5. The van der Waals surface area contributed by atoms with Crippen molar-refractivity contribution in [2.75, 3.05) is 0 Å². The highest BCUT2D eigenvalue weighted by Gasteiger charge is 2.35. The van der Waals surface area contributed by atoms with E-state index < -0.39 is 36.3 Å². The molecule has 260 valence electrons. The molecule has 1 aliphatic heterocycles. The van der Waals surface area contributed by atoms with Gasteiger partial charge < -0.3 is 25.0 Å². The Morgan fingerprint density at radius 2 is 1.43 bits per heavy atom. The minimum absolute atomic E-state index is 0.249. The average Bonchev–Trinajstić information content (AvgIpc) is 2.96. The molecular weight excluding hydrogens is 586 g/mol. The number of nitrogens with one attached hydrogen (secondary N) is 1. The van der Waals surface area contributed by atoms with Gasteiger partial charge in [0.25, 0.3) is 0 Å². The summed E-state index contributed by atoms with van der Waals surface area (Å²) in [7, 11) is 0. The van der Waals surface area contributed by atoms with E-state index >= 15 is 0 Å². The van der Waals surface area contributed by atoms with Gasteiger partial charge in [-0.15, -0.1) is 0 Å². The monoisotopic (exact) mass is 645 g/mol. The molecule has 9 heteroatoms. The largest absolute Gasteiger partial charge is 0.487 e. The quantitative estimate of drug-likeness (QED) is 0.0962. The summed E-state index contributed by atoms with van der Waals surface area (Å²) in [6, 6.07) is -1.56. The first-order valence-electron chi connectivity index (χ1n) is 17.3. The molecule has 1 amide bonds. The lowest BCUT2D eigenvalue weighted by Crippen LogP contribution is -2.42. The Hall–Kier alpha value is -3.10. The second kappa shape index (κ2) is 18.3. The number of hydrogen-bond acceptors (Lipinski definition) is 6. The number of amides is 1. The maximum Gasteiger partial charge on any atom is 0.326 e. The van der Waals surface area contributed by atoms with E-state index in [-0.39, 0.29) is 18.4 Å². The fraction of sp³-hybridized carbons (Fsp3) is 0.730. The van der Waals surface area contributed by atoms with E-state index in [4.69, 9.17) is 19.7 Å². The molecule has 0 saturated carbocycles. The Morgan fingerprint density at radius 3 is 2.00 bits per heavy atom. The molecular formula is C37H59NO8. The lowest BCUT2D eigenvalue weighted by molar-refractivity contribution is -0.147. The molecule has 1 aliphatic rings. The van der Waals surface area contributed by atoms with Crippen molar-refractivity contribution >= 4 is 23.8 Å². The van der Waals surface area contributed by atoms with Gasteiger partial charge in [0.1, 0.15) is 23.1 Å². The number of aliphatic carboxylic acids is 2. The minimum Gasteiger partial charge on any atom is -0.487 e. The van der Waals surface area contributed by atoms with E-state index in [0.717, 1.165) is 65.5 Å². The summed E-state index contributed by atoms with van der Waals surface area (Å²) < 4.78 is 12.4. The predicted octanol–water partition coefficient (Wildman–Crippen LogP) is 7.86. The topological polar surface area (TPSA) is 139 Å². The number of benzene rings is 1. The third-order valence-electron chi connectivity index (χ3n) is 9.62. The number of rotatable bonds is 20. The number of esters is 1. The van der Waals surface area contributed by atoms with Gasteiger partial charge in [-0.2, -0.15) is 0 Å². The molecule has 4 unspecified atom stereocenters. The van der Waals surface area contributed by atoms with Crippen LogP contribution in [-0.4, -0.2) is 45.7 Å². The van der Waals surface area contributed by atoms with Crippen molar-refractivity contribution in [1.29, 1.82) is 0 Å². The number of fused-ring (bicyclic) bond motifs is 1. The van der Waals surface area contributed by atoms with E-state index in [1.165, 1.54) is 44.9 Å². The van der Waals surface area contributed by atoms with Crippen LogP contribution in [0.15, 0.2) is 0 Å². The van der Waals surface area contributed by atoms with Gasteiger partial charge in [-0.05, 0) is 87.8 Å². The van der Waals surface area contributed by atoms with Crippen molar-refractivity contribution in [3.05, 3.63) is 22.3 Å². The Labute approximate surface area is 276 Å². The summed E-state index contributed by atoms with van der Waals surface area (Å²) in [6.07, 6.45) is 11.6. The second-order valence-electron chi connectivity index (χ2n) is 14.5. The summed E-state index contributed by atoms with van der Waals surface area (Å²) >= 11 is 0. The molecule has 1 heterocycles. The van der Waals surface area contributed by atoms with E-state index in [0.29, 0.717) is 11.7 Å². The van der Waals surface area contributed by atoms with Crippen LogP contribution in [0.2, 0.25) is 0 Å². The number of carbonyl (C=O) groups is 4. The first-order chi connectivity index (χ1) is 21.5. The minimum atomic E-state index is -1.56. The van der Waals surface area contributed by atoms with Gasteiger partial charge in [-0.3, -0.25) is 14.4 Å². The molecule has 0 radical (unpaired) electrons. The molecule has 46 heavy (non-hydrogen) atoms. The number of ether oxygens (including phenoxy) is 2. The van der Waals surface area contributed by atoms with Gasteiger partial charge in [-0.25, -0.2) is 4.79 Å². The van der Waals surface area contributed by atoms with Gasteiger partial charge in [0.2, 0.25) is 5.91 Å². The van der Waals surface area contributed by atoms with Gasteiger partial charge in [-0.1, -0.05) is 72.6 Å². The van der Waals surface area contributed by atoms with Gasteiger partial charge in [0.05, 0.1) is 12.8 Å². The van der Waals surface area contributed by atoms with Gasteiger partial charge in [0.15, 0.2) is 0 Å². The van der Waals surface area contributed by atoms with Crippen LogP contribution in [0.4, 0.5) is 0 Å². The number of carboxylic acid groups (broad SMARTS) is 2. The zero-order chi connectivity index (χ0) is 34.6. The average molecular weight is 646 g/mol. The molecule has 0 saturated heterocycles. The highest BCUT2D eigenvalue weighted by molar-refractivity contribution is 5.88. The van der Waals surface area contributed by atoms with Crippen LogP contribution in [0, 0.1) is 38.5 Å². The predicted molar refractivity (Wildman–Crippen MR) is 179 cm³/mol. The molecule has 1 aromatic carbocycles. The van der Waals surface area contributed by atoms with Crippen LogP contribution < -0.4 is 14.8 Å². The Morgan fingerprint density at radius 1 is 0.848 bits per heavy atom. The van der Waals surface area contributed by atoms with Crippen molar-refractivity contribution in [2.24, 2.45) is 17.8 Å². The lowest BCUT2D eigenvalue weighted by atomic mass is 9.83. The smallest absolute Gasteiger partial charge is 0.326 e. The molecule has 0 spiro atoms. The molecule has 0 aromatic heterocycles. The summed E-state index contributed by atoms with van der Waals surface area (Å²) in [4.78, 5) is 46.9. The highest BCUT2D eigenvalue weighted by atomic mass is 16.5. The molecule has 4 atom stereocenters. The summed E-state index contributed by atoms with van der Waals surface area (Å²) in [5, 5.41) is 20.1. The molecule has 9 nitrogen and oxygen atoms in total. The van der Waals surface area contributed by atoms with Crippen molar-refractivity contribution < 1.29 is 38.9 Å². The van der Waals surface area contributed by atoms with Gasteiger partial charge in [0, 0.05) is 12.0 Å². The van der Waals surface area contributed by atoms with E-state index in [1.54, 1.807) is 0 Å². The summed E-state index contributed by atoms with van der Waals surface area (Å²) in [5.41, 5.74) is 3.37. The molecule has 0 aliphatic carbocycles. The van der Waals surface area contributed by atoms with Crippen molar-refractivity contribution in [3.8, 4) is 11.5 Å². The molecule has 0 fully saturated rings. The van der Waals surface area contributed by atoms with Crippen molar-refractivity contribution in [3.63, 3.8) is 0 Å². The van der Waals surface area contributed by atoms with Gasteiger partial charge >= 0.3 is 17.9 Å². The lowest BCUT2D eigenvalue weighted by Gasteiger charge is -2.38. The maximum absolute atomic E-state index is 12.7. The third kappa shape index (κ3) is 12.6. The van der Waals surface area contributed by atoms with Crippen LogP contribution in [-0.2, 0) is 25.6 Å². The second-order valence-corrected chi connectivity index (χ2v) is 14.5. The zero-order valence-corrected chi connectivity index (χ0v) is 29.6. The molecule has 1 aromatic rings. The van der Waals surface area contributed by atoms with Crippen LogP contribution >= 0.6 is 0 Å². The Balaban J connectivity index is 1.89. The van der Waals surface area contributed by atoms with E-state index in [1.807, 2.05) is 20.8 Å². The normalized spacial score (nSPS) is 17.8. The van der Waals surface area contributed by atoms with Crippen molar-refractivity contribution in [2.45, 2.75) is 157 Å².